The van der Waals surface area contributed by atoms with Gasteiger partial charge >= 0.3 is 0 Å². The van der Waals surface area contributed by atoms with Crippen molar-refractivity contribution in [3.05, 3.63) is 34.7 Å². The van der Waals surface area contributed by atoms with Gasteiger partial charge in [0.1, 0.15) is 0 Å². The molecule has 2 heterocycles. The smallest absolute Gasteiger partial charge is 0.175 e. The van der Waals surface area contributed by atoms with Gasteiger partial charge in [0.25, 0.3) is 0 Å². The molecule has 72 valence electrons. The van der Waals surface area contributed by atoms with Crippen molar-refractivity contribution in [3.8, 4) is 5.82 Å². The summed E-state index contributed by atoms with van der Waals surface area (Å²) < 4.78 is 2.54. The maximum Gasteiger partial charge on any atom is 0.175 e. The molecule has 14 heavy (non-hydrogen) atoms. The molecule has 0 saturated carbocycles. The van der Waals surface area contributed by atoms with Crippen LogP contribution in [0.5, 0.6) is 0 Å². The van der Waals surface area contributed by atoms with Gasteiger partial charge in [0.15, 0.2) is 5.82 Å². The lowest BCUT2D eigenvalue weighted by Crippen LogP contribution is -2.04. The minimum Gasteiger partial charge on any atom is -0.325 e. The van der Waals surface area contributed by atoms with Gasteiger partial charge in [-0.1, -0.05) is 0 Å². The zero-order valence-corrected chi connectivity index (χ0v) is 8.85. The SMILES string of the molecule is NCc1ccc(-n2cc(Br)cn2)nn1. The van der Waals surface area contributed by atoms with Gasteiger partial charge in [-0.2, -0.15) is 10.2 Å². The quantitative estimate of drug-likeness (QED) is 0.863. The van der Waals surface area contributed by atoms with Crippen LogP contribution in [0.15, 0.2) is 29.0 Å². The normalized spacial score (nSPS) is 10.4. The van der Waals surface area contributed by atoms with Crippen LogP contribution in [0.1, 0.15) is 5.69 Å². The molecule has 2 aromatic rings. The molecule has 0 fully saturated rings. The second-order valence-corrected chi connectivity index (χ2v) is 3.61. The van der Waals surface area contributed by atoms with Gasteiger partial charge in [0, 0.05) is 12.7 Å². The Bertz CT molecular complexity index is 422. The molecular weight excluding hydrogens is 246 g/mol. The van der Waals surface area contributed by atoms with E-state index in [0.29, 0.717) is 12.4 Å². The van der Waals surface area contributed by atoms with Crippen molar-refractivity contribution in [2.24, 2.45) is 5.73 Å². The zero-order chi connectivity index (χ0) is 9.97. The van der Waals surface area contributed by atoms with Gasteiger partial charge in [-0.05, 0) is 28.1 Å². The van der Waals surface area contributed by atoms with Gasteiger partial charge in [-0.3, -0.25) is 0 Å². The monoisotopic (exact) mass is 253 g/mol. The van der Waals surface area contributed by atoms with Crippen LogP contribution in [-0.4, -0.2) is 20.0 Å². The van der Waals surface area contributed by atoms with Gasteiger partial charge < -0.3 is 5.73 Å². The van der Waals surface area contributed by atoms with Crippen molar-refractivity contribution in [1.82, 2.24) is 20.0 Å². The predicted molar refractivity (Wildman–Crippen MR) is 54.7 cm³/mol. The second kappa shape index (κ2) is 3.85. The fraction of sp³-hybridized carbons (Fsp3) is 0.125. The largest absolute Gasteiger partial charge is 0.325 e. The van der Waals surface area contributed by atoms with E-state index in [1.54, 1.807) is 10.9 Å². The van der Waals surface area contributed by atoms with E-state index in [-0.39, 0.29) is 0 Å². The standard InChI is InChI=1S/C8H8BrN5/c9-6-4-11-14(5-6)8-2-1-7(3-10)12-13-8/h1-2,4-5H,3,10H2. The third-order valence-electron chi connectivity index (χ3n) is 1.70. The van der Waals surface area contributed by atoms with E-state index < -0.39 is 0 Å². The summed E-state index contributed by atoms with van der Waals surface area (Å²) in [5.41, 5.74) is 6.17. The molecule has 0 spiro atoms. The van der Waals surface area contributed by atoms with Gasteiger partial charge in [-0.15, -0.1) is 5.10 Å². The van der Waals surface area contributed by atoms with Crippen molar-refractivity contribution in [2.75, 3.05) is 0 Å². The van der Waals surface area contributed by atoms with E-state index in [0.717, 1.165) is 10.2 Å². The number of nitrogens with zero attached hydrogens (tertiary/aromatic N) is 4. The third kappa shape index (κ3) is 1.80. The molecule has 0 atom stereocenters. The summed E-state index contributed by atoms with van der Waals surface area (Å²) in [5, 5.41) is 12.0. The van der Waals surface area contributed by atoms with Crippen LogP contribution in [0, 0.1) is 0 Å². The average Bonchev–Trinajstić information content (AvgIpc) is 2.65. The first-order valence-corrected chi connectivity index (χ1v) is 4.82. The maximum absolute atomic E-state index is 5.41. The van der Waals surface area contributed by atoms with Crippen molar-refractivity contribution in [2.45, 2.75) is 6.54 Å². The summed E-state index contributed by atoms with van der Waals surface area (Å²) in [6, 6.07) is 3.66. The van der Waals surface area contributed by atoms with Gasteiger partial charge in [0.2, 0.25) is 0 Å². The van der Waals surface area contributed by atoms with Gasteiger partial charge in [-0.25, -0.2) is 4.68 Å². The van der Waals surface area contributed by atoms with Crippen molar-refractivity contribution >= 4 is 15.9 Å². The van der Waals surface area contributed by atoms with Crippen LogP contribution in [0.4, 0.5) is 0 Å². The van der Waals surface area contributed by atoms with Crippen molar-refractivity contribution in [3.63, 3.8) is 0 Å². The first-order chi connectivity index (χ1) is 6.79. The fourth-order valence-corrected chi connectivity index (χ4v) is 1.30. The molecule has 0 aliphatic heterocycles. The van der Waals surface area contributed by atoms with Gasteiger partial charge in [0.05, 0.1) is 16.4 Å². The Morgan fingerprint density at radius 3 is 2.71 bits per heavy atom. The Labute approximate surface area is 89.1 Å². The number of rotatable bonds is 2. The van der Waals surface area contributed by atoms with Crippen molar-refractivity contribution in [1.29, 1.82) is 0 Å². The Morgan fingerprint density at radius 1 is 1.36 bits per heavy atom. The lowest BCUT2D eigenvalue weighted by Gasteiger charge is -1.99. The highest BCUT2D eigenvalue weighted by atomic mass is 79.9. The lowest BCUT2D eigenvalue weighted by atomic mass is 10.4. The minimum atomic E-state index is 0.399. The molecule has 5 nitrogen and oxygen atoms in total. The number of aromatic nitrogens is 4. The van der Waals surface area contributed by atoms with E-state index in [4.69, 9.17) is 5.73 Å². The predicted octanol–water partition coefficient (Wildman–Crippen LogP) is 0.883. The topological polar surface area (TPSA) is 69.6 Å². The molecular formula is C8H8BrN5. The summed E-state index contributed by atoms with van der Waals surface area (Å²) in [5.74, 6) is 0.674. The second-order valence-electron chi connectivity index (χ2n) is 2.69. The highest BCUT2D eigenvalue weighted by Crippen LogP contribution is 2.09. The Morgan fingerprint density at radius 2 is 2.21 bits per heavy atom. The highest BCUT2D eigenvalue weighted by Gasteiger charge is 2.00. The van der Waals surface area contributed by atoms with E-state index in [9.17, 15) is 0 Å². The van der Waals surface area contributed by atoms with E-state index in [1.807, 2.05) is 18.3 Å². The first-order valence-electron chi connectivity index (χ1n) is 4.03. The number of halogens is 1. The maximum atomic E-state index is 5.41. The zero-order valence-electron chi connectivity index (χ0n) is 7.26. The molecule has 0 saturated heterocycles. The summed E-state index contributed by atoms with van der Waals surface area (Å²) >= 11 is 3.31. The highest BCUT2D eigenvalue weighted by molar-refractivity contribution is 9.10. The first kappa shape index (κ1) is 9.29. The summed E-state index contributed by atoms with van der Waals surface area (Å²) in [7, 11) is 0. The summed E-state index contributed by atoms with van der Waals surface area (Å²) in [6.45, 7) is 0.399. The fourth-order valence-electron chi connectivity index (χ4n) is 1.01. The molecule has 0 unspecified atom stereocenters. The Hall–Kier alpha value is -1.27. The van der Waals surface area contributed by atoms with E-state index in [2.05, 4.69) is 31.2 Å². The van der Waals surface area contributed by atoms with E-state index in [1.165, 1.54) is 0 Å². The molecule has 2 N–H and O–H groups in total. The molecule has 0 bridgehead atoms. The molecule has 0 aromatic carbocycles. The van der Waals surface area contributed by atoms with Crippen LogP contribution < -0.4 is 5.73 Å². The molecule has 2 aromatic heterocycles. The number of hydrogen-bond donors (Lipinski definition) is 1. The number of hydrogen-bond acceptors (Lipinski definition) is 4. The van der Waals surface area contributed by atoms with Crippen LogP contribution in [0.2, 0.25) is 0 Å². The molecule has 0 aliphatic carbocycles. The molecule has 0 aliphatic rings. The molecule has 0 amide bonds. The summed E-state index contributed by atoms with van der Waals surface area (Å²) in [6.07, 6.45) is 3.50. The van der Waals surface area contributed by atoms with Crippen LogP contribution in [-0.2, 0) is 6.54 Å². The van der Waals surface area contributed by atoms with Crippen LogP contribution >= 0.6 is 15.9 Å². The Kier molecular flexibility index (Phi) is 2.55. The van der Waals surface area contributed by atoms with Crippen LogP contribution in [0.3, 0.4) is 0 Å². The summed E-state index contributed by atoms with van der Waals surface area (Å²) in [4.78, 5) is 0. The van der Waals surface area contributed by atoms with E-state index >= 15 is 0 Å². The number of nitrogens with two attached hydrogens (primary N) is 1. The molecule has 0 radical (unpaired) electrons. The lowest BCUT2D eigenvalue weighted by molar-refractivity contribution is 0.793. The third-order valence-corrected chi connectivity index (χ3v) is 2.11. The molecule has 6 heteroatoms. The van der Waals surface area contributed by atoms with Crippen molar-refractivity contribution < 1.29 is 0 Å². The Balaban J connectivity index is 2.33. The molecule has 2 rings (SSSR count). The average molecular weight is 254 g/mol. The minimum absolute atomic E-state index is 0.399. The van der Waals surface area contributed by atoms with Crippen LogP contribution in [0.25, 0.3) is 5.82 Å².